The van der Waals surface area contributed by atoms with E-state index in [1.54, 1.807) is 0 Å². The molecule has 42 unspecified atom stereocenters. The summed E-state index contributed by atoms with van der Waals surface area (Å²) in [5.41, 5.74) is -3.50. The molecule has 26 N–H and O–H groups in total. The summed E-state index contributed by atoms with van der Waals surface area (Å²) in [5, 5.41) is 290. The number of aliphatic hydroxyl groups excluding tert-OH is 22. The summed E-state index contributed by atoms with van der Waals surface area (Å²) in [4.78, 5) is 15.5. The van der Waals surface area contributed by atoms with Crippen LogP contribution in [0.15, 0.2) is 11.6 Å². The molecule has 41 heteroatoms. The fourth-order valence-electron chi connectivity index (χ4n) is 20.8. The Kier molecular flexibility index (Phi) is 25.1. The van der Waals surface area contributed by atoms with E-state index >= 15 is 4.79 Å². The second-order valence-electron chi connectivity index (χ2n) is 35.1. The van der Waals surface area contributed by atoms with E-state index < -0.39 is 292 Å². The first-order valence-electron chi connectivity index (χ1n) is 38.2. The standard InChI is InChI=1S/C71H116O41/c1-26-38(77)42(81)46(85)58(101-26)104-49-32(22-74)106-68(96,54(90)47(49)86)100-25-34-41(80)44(83)53(89)70(98,107-34)111-60(94)66-17-15-61(2,3)19-28(66)27-9-10-36-63(6)13-12-37(62(4,5)35(63)11-14-65(36,8)64(27,7)16-18-66)103-59-50(109-69(97)52(88)43(82)39(78)30(20-72)105-69)48(29(76)24-99-59)110-71(55(91)45(84)40(79)31(21-73)108-71)112-67(95)51(87)33(23-75)102-57(93)56(67)92/h9,26,28-59,72-93,95-98H,10-25H2,1-8H3. The summed E-state index contributed by atoms with van der Waals surface area (Å²) in [5.74, 6) is -19.7. The summed E-state index contributed by atoms with van der Waals surface area (Å²) in [6.45, 7) is 9.33. The lowest BCUT2D eigenvalue weighted by atomic mass is 9.33. The molecule has 4 saturated carbocycles. The van der Waals surface area contributed by atoms with Crippen LogP contribution in [0.3, 0.4) is 0 Å². The number of carbonyl (C=O) groups is 1. The van der Waals surface area contributed by atoms with Crippen molar-refractivity contribution >= 4 is 5.97 Å². The molecule has 646 valence electrons. The van der Waals surface area contributed by atoms with E-state index in [4.69, 9.17) is 66.3 Å². The van der Waals surface area contributed by atoms with E-state index in [1.165, 1.54) is 6.92 Å². The second kappa shape index (κ2) is 31.6. The van der Waals surface area contributed by atoms with Crippen LogP contribution in [0, 0.1) is 50.2 Å². The van der Waals surface area contributed by atoms with Crippen molar-refractivity contribution in [2.45, 2.75) is 333 Å². The van der Waals surface area contributed by atoms with E-state index in [0.29, 0.717) is 44.9 Å². The highest BCUT2D eigenvalue weighted by Gasteiger charge is 2.73. The summed E-state index contributed by atoms with van der Waals surface area (Å²) in [6.07, 6.45) is -58.0. The van der Waals surface area contributed by atoms with Gasteiger partial charge in [0.25, 0.3) is 0 Å². The van der Waals surface area contributed by atoms with Crippen LogP contribution in [0.5, 0.6) is 0 Å². The molecular formula is C71H116O41. The number of ether oxygens (including phenoxy) is 14. The molecule has 0 aromatic rings. The van der Waals surface area contributed by atoms with Gasteiger partial charge >= 0.3 is 29.9 Å². The third-order valence-electron chi connectivity index (χ3n) is 27.8. The maximum atomic E-state index is 15.5. The van der Waals surface area contributed by atoms with Gasteiger partial charge in [0.2, 0.25) is 5.79 Å². The smallest absolute Gasteiger partial charge is 0.357 e. The summed E-state index contributed by atoms with van der Waals surface area (Å²) in [6, 6.07) is 0. The summed E-state index contributed by atoms with van der Waals surface area (Å²) >= 11 is 0. The molecule has 5 aliphatic carbocycles. The number of allylic oxidation sites excluding steroid dienone is 2. The lowest BCUT2D eigenvalue weighted by molar-refractivity contribution is -0.548. The van der Waals surface area contributed by atoms with Gasteiger partial charge in [0.15, 0.2) is 49.4 Å². The number of fused-ring (bicyclic) bond motifs is 7. The fourth-order valence-corrected chi connectivity index (χ4v) is 20.8. The van der Waals surface area contributed by atoms with Gasteiger partial charge in [-0.3, -0.25) is 9.53 Å². The summed E-state index contributed by atoms with van der Waals surface area (Å²) < 4.78 is 81.2. The van der Waals surface area contributed by atoms with E-state index in [2.05, 4.69) is 40.7 Å². The van der Waals surface area contributed by atoms with Crippen molar-refractivity contribution in [1.29, 1.82) is 0 Å². The summed E-state index contributed by atoms with van der Waals surface area (Å²) in [7, 11) is 0. The van der Waals surface area contributed by atoms with Crippen molar-refractivity contribution in [3.63, 3.8) is 0 Å². The lowest BCUT2D eigenvalue weighted by Crippen LogP contribution is -2.76. The molecule has 0 spiro atoms. The van der Waals surface area contributed by atoms with Crippen LogP contribution >= 0.6 is 0 Å². The van der Waals surface area contributed by atoms with Gasteiger partial charge in [-0.15, -0.1) is 0 Å². The molecule has 0 bridgehead atoms. The molecule has 0 aromatic carbocycles. The minimum absolute atomic E-state index is 0.102. The molecule has 7 saturated heterocycles. The molecule has 0 amide bonds. The van der Waals surface area contributed by atoms with Gasteiger partial charge in [0, 0.05) is 0 Å². The van der Waals surface area contributed by atoms with Gasteiger partial charge in [0.05, 0.1) is 57.3 Å². The zero-order valence-electron chi connectivity index (χ0n) is 63.2. The largest absolute Gasteiger partial charge is 0.405 e. The van der Waals surface area contributed by atoms with Crippen molar-refractivity contribution in [1.82, 2.24) is 0 Å². The molecule has 12 rings (SSSR count). The number of rotatable bonds is 19. The Morgan fingerprint density at radius 1 is 0.500 bits per heavy atom. The SMILES string of the molecule is CC1OC(OC2C(CO)OC(O)(OCC3OC(O)(OC(=O)C45CCC(C)(C)CC4C4=CCC6C7(C)CCC(OC8OCC(O)C(OC9(OC%10(O)C(O)C(O)OC(CO)C%10O)OC(CO)C(O)C(O)C9O)C8OC8(O)OC(CO)C(O)C(O)C8O)C(C)(C)C7CCC6(C)C4(C)CC5)C(O)C(O)C3O)C(O)C2O)C(O)C(O)C1O. The van der Waals surface area contributed by atoms with E-state index in [1.807, 2.05) is 13.8 Å². The second-order valence-corrected chi connectivity index (χ2v) is 35.1. The lowest BCUT2D eigenvalue weighted by Gasteiger charge is -2.71. The molecular weight excluding hydrogens is 1510 g/mol. The van der Waals surface area contributed by atoms with Gasteiger partial charge in [-0.1, -0.05) is 60.1 Å². The predicted molar refractivity (Wildman–Crippen MR) is 359 cm³/mol. The highest BCUT2D eigenvalue weighted by Crippen LogP contribution is 2.76. The molecule has 11 fully saturated rings. The Morgan fingerprint density at radius 3 is 1.71 bits per heavy atom. The fraction of sp³-hybridized carbons (Fsp3) is 0.958. The topological polar surface area (TPSA) is 672 Å². The minimum atomic E-state index is -3.71. The van der Waals surface area contributed by atoms with Crippen LogP contribution < -0.4 is 0 Å². The Labute approximate surface area is 642 Å². The van der Waals surface area contributed by atoms with Crippen LogP contribution in [-0.2, 0) is 71.1 Å². The number of carbonyl (C=O) groups excluding carboxylic acids is 1. The number of esters is 1. The zero-order chi connectivity index (χ0) is 82.6. The molecule has 42 atom stereocenters. The van der Waals surface area contributed by atoms with E-state index in [-0.39, 0.29) is 36.5 Å². The van der Waals surface area contributed by atoms with Gasteiger partial charge in [0.1, 0.15) is 122 Å². The van der Waals surface area contributed by atoms with Crippen LogP contribution in [-0.4, -0.2) is 392 Å². The van der Waals surface area contributed by atoms with Crippen LogP contribution in [0.25, 0.3) is 0 Å². The van der Waals surface area contributed by atoms with Crippen LogP contribution in [0.1, 0.15) is 120 Å². The Balaban J connectivity index is 0.796. The average molecular weight is 1630 g/mol. The molecule has 0 aromatic heterocycles. The molecule has 7 aliphatic heterocycles. The first kappa shape index (κ1) is 88.9. The van der Waals surface area contributed by atoms with Crippen molar-refractivity contribution in [2.75, 3.05) is 39.6 Å². The minimum Gasteiger partial charge on any atom is -0.405 e. The quantitative estimate of drug-likeness (QED) is 0.0247. The molecule has 41 nitrogen and oxygen atoms in total. The van der Waals surface area contributed by atoms with Crippen molar-refractivity contribution in [2.24, 2.45) is 50.2 Å². The number of aliphatic hydroxyl groups is 26. The number of hydrogen-bond donors (Lipinski definition) is 26. The van der Waals surface area contributed by atoms with Crippen molar-refractivity contribution < 1.29 is 204 Å². The first-order chi connectivity index (χ1) is 52.0. The Hall–Kier alpha value is -2.35. The van der Waals surface area contributed by atoms with Crippen molar-refractivity contribution in [3.8, 4) is 0 Å². The Morgan fingerprint density at radius 2 is 1.07 bits per heavy atom. The third-order valence-corrected chi connectivity index (χ3v) is 27.8. The monoisotopic (exact) mass is 1620 g/mol. The zero-order valence-corrected chi connectivity index (χ0v) is 63.2. The van der Waals surface area contributed by atoms with Gasteiger partial charge in [-0.2, -0.15) is 0 Å². The highest BCUT2D eigenvalue weighted by molar-refractivity contribution is 5.79. The maximum Gasteiger partial charge on any atom is 0.357 e. The molecule has 0 radical (unpaired) electrons. The molecule has 7 heterocycles. The van der Waals surface area contributed by atoms with Gasteiger partial charge < -0.3 is 194 Å². The van der Waals surface area contributed by atoms with Gasteiger partial charge in [-0.05, 0) is 116 Å². The van der Waals surface area contributed by atoms with Crippen molar-refractivity contribution in [3.05, 3.63) is 11.6 Å². The first-order valence-corrected chi connectivity index (χ1v) is 38.2. The third kappa shape index (κ3) is 14.5. The number of hydrogen-bond acceptors (Lipinski definition) is 41. The normalized spacial score (nSPS) is 55.6. The molecule has 12 aliphatic rings. The predicted octanol–water partition coefficient (Wildman–Crippen LogP) is -10.3. The van der Waals surface area contributed by atoms with E-state index in [0.717, 1.165) is 5.57 Å². The molecule has 112 heavy (non-hydrogen) atoms. The maximum absolute atomic E-state index is 15.5. The van der Waals surface area contributed by atoms with Crippen LogP contribution in [0.2, 0.25) is 0 Å². The van der Waals surface area contributed by atoms with E-state index in [9.17, 15) is 133 Å². The van der Waals surface area contributed by atoms with Gasteiger partial charge in [-0.25, -0.2) is 0 Å². The van der Waals surface area contributed by atoms with Crippen LogP contribution in [0.4, 0.5) is 0 Å². The highest BCUT2D eigenvalue weighted by atomic mass is 16.9. The Bertz CT molecular complexity index is 3300. The average Bonchev–Trinajstić information content (AvgIpc) is 0.672.